The molecule has 0 radical (unpaired) electrons. The molecule has 0 aromatic heterocycles. The average Bonchev–Trinajstić information content (AvgIpc) is 2.46. The van der Waals surface area contributed by atoms with Crippen LogP contribution in [0.2, 0.25) is 0 Å². The van der Waals surface area contributed by atoms with Gasteiger partial charge in [0, 0.05) is 4.47 Å². The summed E-state index contributed by atoms with van der Waals surface area (Å²) in [6.07, 6.45) is 0. The number of aromatic carboxylic acids is 1. The molecule has 0 saturated carbocycles. The highest BCUT2D eigenvalue weighted by atomic mass is 79.9. The van der Waals surface area contributed by atoms with Gasteiger partial charge < -0.3 is 9.84 Å². The fourth-order valence-corrected chi connectivity index (χ4v) is 2.02. The lowest BCUT2D eigenvalue weighted by molar-refractivity contribution is 0.0695. The van der Waals surface area contributed by atoms with Gasteiger partial charge in [0.25, 0.3) is 0 Å². The molecule has 2 rings (SSSR count). The summed E-state index contributed by atoms with van der Waals surface area (Å²) in [5, 5.41) is 17.7. The summed E-state index contributed by atoms with van der Waals surface area (Å²) in [6.45, 7) is 0.312. The van der Waals surface area contributed by atoms with Crippen molar-refractivity contribution in [2.75, 3.05) is 0 Å². The van der Waals surface area contributed by atoms with Crippen molar-refractivity contribution in [1.82, 2.24) is 0 Å². The van der Waals surface area contributed by atoms with Crippen LogP contribution in [0, 0.1) is 11.3 Å². The lowest BCUT2D eigenvalue weighted by atomic mass is 10.1. The van der Waals surface area contributed by atoms with Crippen LogP contribution in [0.15, 0.2) is 46.9 Å². The van der Waals surface area contributed by atoms with E-state index in [4.69, 9.17) is 15.1 Å². The number of hydrogen-bond acceptors (Lipinski definition) is 3. The van der Waals surface area contributed by atoms with E-state index in [2.05, 4.69) is 15.9 Å². The van der Waals surface area contributed by atoms with Crippen molar-refractivity contribution in [2.24, 2.45) is 0 Å². The van der Waals surface area contributed by atoms with Crippen molar-refractivity contribution >= 4 is 21.9 Å². The van der Waals surface area contributed by atoms with Gasteiger partial charge in [0.1, 0.15) is 12.4 Å². The molecule has 0 bridgehead atoms. The predicted octanol–water partition coefficient (Wildman–Crippen LogP) is 3.60. The van der Waals surface area contributed by atoms with E-state index in [1.807, 2.05) is 6.07 Å². The van der Waals surface area contributed by atoms with Gasteiger partial charge >= 0.3 is 5.97 Å². The second-order valence-corrected chi connectivity index (χ2v) is 4.90. The number of nitrogens with zero attached hydrogens (tertiary/aromatic N) is 1. The van der Waals surface area contributed by atoms with Crippen LogP contribution in [0.5, 0.6) is 5.75 Å². The van der Waals surface area contributed by atoms with E-state index in [-0.39, 0.29) is 5.56 Å². The Labute approximate surface area is 124 Å². The highest BCUT2D eigenvalue weighted by Crippen LogP contribution is 2.23. The first-order chi connectivity index (χ1) is 9.60. The van der Waals surface area contributed by atoms with Crippen LogP contribution in [-0.2, 0) is 6.61 Å². The Kier molecular flexibility index (Phi) is 4.38. The molecular formula is C15H10BrNO3. The molecule has 0 aliphatic carbocycles. The lowest BCUT2D eigenvalue weighted by Crippen LogP contribution is -2.00. The summed E-state index contributed by atoms with van der Waals surface area (Å²) in [6, 6.07) is 13.9. The number of carboxylic acid groups (broad SMARTS) is 1. The van der Waals surface area contributed by atoms with Crippen LogP contribution in [-0.4, -0.2) is 11.1 Å². The van der Waals surface area contributed by atoms with E-state index in [9.17, 15) is 4.79 Å². The Hall–Kier alpha value is -2.32. The Morgan fingerprint density at radius 2 is 1.95 bits per heavy atom. The quantitative estimate of drug-likeness (QED) is 0.929. The number of halogens is 1. The van der Waals surface area contributed by atoms with Gasteiger partial charge in [-0.15, -0.1) is 0 Å². The highest BCUT2D eigenvalue weighted by Gasteiger charge is 2.09. The molecule has 100 valence electrons. The van der Waals surface area contributed by atoms with Crippen LogP contribution in [0.4, 0.5) is 0 Å². The summed E-state index contributed by atoms with van der Waals surface area (Å²) in [4.78, 5) is 11.0. The third-order valence-electron chi connectivity index (χ3n) is 2.66. The van der Waals surface area contributed by atoms with Gasteiger partial charge in [-0.3, -0.25) is 0 Å². The first-order valence-electron chi connectivity index (χ1n) is 5.75. The number of hydrogen-bond donors (Lipinski definition) is 1. The largest absolute Gasteiger partial charge is 0.489 e. The molecular weight excluding hydrogens is 322 g/mol. The number of carbonyl (C=O) groups is 1. The minimum absolute atomic E-state index is 0.155. The molecule has 0 amide bonds. The number of nitriles is 1. The van der Waals surface area contributed by atoms with Crippen LogP contribution in [0.25, 0.3) is 0 Å². The zero-order chi connectivity index (χ0) is 14.5. The normalized spacial score (nSPS) is 9.80. The molecule has 0 saturated heterocycles. The van der Waals surface area contributed by atoms with Crippen LogP contribution in [0.3, 0.4) is 0 Å². The average molecular weight is 332 g/mol. The fraction of sp³-hybridized carbons (Fsp3) is 0.0667. The van der Waals surface area contributed by atoms with Crippen molar-refractivity contribution < 1.29 is 14.6 Å². The number of benzene rings is 2. The molecule has 1 N–H and O–H groups in total. The summed E-state index contributed by atoms with van der Waals surface area (Å²) in [5.74, 6) is -0.532. The zero-order valence-corrected chi connectivity index (χ0v) is 11.9. The molecule has 5 heteroatoms. The molecule has 0 aliphatic rings. The minimum Gasteiger partial charge on any atom is -0.489 e. The molecule has 2 aromatic rings. The highest BCUT2D eigenvalue weighted by molar-refractivity contribution is 9.10. The first kappa shape index (κ1) is 14.1. The maximum absolute atomic E-state index is 11.0. The smallest absolute Gasteiger partial charge is 0.336 e. The molecule has 0 unspecified atom stereocenters. The number of rotatable bonds is 4. The molecule has 0 fully saturated rings. The van der Waals surface area contributed by atoms with Crippen LogP contribution in [0.1, 0.15) is 21.5 Å². The Morgan fingerprint density at radius 3 is 2.55 bits per heavy atom. The van der Waals surface area contributed by atoms with Gasteiger partial charge in [-0.25, -0.2) is 4.79 Å². The Balaban J connectivity index is 2.09. The monoisotopic (exact) mass is 331 g/mol. The van der Waals surface area contributed by atoms with Crippen molar-refractivity contribution in [3.63, 3.8) is 0 Å². The van der Waals surface area contributed by atoms with Crippen LogP contribution < -0.4 is 4.74 Å². The van der Waals surface area contributed by atoms with Gasteiger partial charge in [-0.1, -0.05) is 12.1 Å². The summed E-state index contributed by atoms with van der Waals surface area (Å²) in [7, 11) is 0. The maximum Gasteiger partial charge on any atom is 0.336 e. The number of carboxylic acids is 1. The summed E-state index contributed by atoms with van der Waals surface area (Å²) >= 11 is 3.18. The lowest BCUT2D eigenvalue weighted by Gasteiger charge is -2.08. The van der Waals surface area contributed by atoms with E-state index in [1.54, 1.807) is 36.4 Å². The van der Waals surface area contributed by atoms with Gasteiger partial charge in [-0.05, 0) is 51.8 Å². The van der Waals surface area contributed by atoms with Gasteiger partial charge in [0.05, 0.1) is 17.2 Å². The fourth-order valence-electron chi connectivity index (χ4n) is 1.60. The van der Waals surface area contributed by atoms with Gasteiger partial charge in [0.2, 0.25) is 0 Å². The molecule has 0 heterocycles. The van der Waals surface area contributed by atoms with Crippen molar-refractivity contribution in [1.29, 1.82) is 5.26 Å². The third kappa shape index (κ3) is 3.37. The SMILES string of the molecule is N#Cc1ccc(COc2ccc(Br)c(C(=O)O)c2)cc1. The molecule has 0 spiro atoms. The third-order valence-corrected chi connectivity index (χ3v) is 3.35. The standard InChI is InChI=1S/C15H10BrNO3/c16-14-6-5-12(7-13(14)15(18)19)20-9-11-3-1-10(8-17)2-4-11/h1-7H,9H2,(H,18,19). The minimum atomic E-state index is -1.01. The zero-order valence-electron chi connectivity index (χ0n) is 10.3. The maximum atomic E-state index is 11.0. The van der Waals surface area contributed by atoms with Gasteiger partial charge in [-0.2, -0.15) is 5.26 Å². The predicted molar refractivity (Wildman–Crippen MR) is 76.6 cm³/mol. The van der Waals surface area contributed by atoms with E-state index >= 15 is 0 Å². The van der Waals surface area contributed by atoms with Crippen LogP contribution >= 0.6 is 15.9 Å². The Bertz CT molecular complexity index is 675. The van der Waals surface area contributed by atoms with E-state index in [0.717, 1.165) is 5.56 Å². The summed E-state index contributed by atoms with van der Waals surface area (Å²) < 4.78 is 6.05. The molecule has 0 atom stereocenters. The molecule has 20 heavy (non-hydrogen) atoms. The topological polar surface area (TPSA) is 70.3 Å². The molecule has 4 nitrogen and oxygen atoms in total. The van der Waals surface area contributed by atoms with E-state index < -0.39 is 5.97 Å². The summed E-state index contributed by atoms with van der Waals surface area (Å²) in [5.41, 5.74) is 1.65. The van der Waals surface area contributed by atoms with Crippen molar-refractivity contribution in [2.45, 2.75) is 6.61 Å². The molecule has 0 aliphatic heterocycles. The van der Waals surface area contributed by atoms with Crippen molar-refractivity contribution in [3.8, 4) is 11.8 Å². The van der Waals surface area contributed by atoms with E-state index in [0.29, 0.717) is 22.4 Å². The second-order valence-electron chi connectivity index (χ2n) is 4.04. The van der Waals surface area contributed by atoms with E-state index in [1.165, 1.54) is 6.07 Å². The molecule has 2 aromatic carbocycles. The first-order valence-corrected chi connectivity index (χ1v) is 6.54. The van der Waals surface area contributed by atoms with Gasteiger partial charge in [0.15, 0.2) is 0 Å². The second kappa shape index (κ2) is 6.22. The Morgan fingerprint density at radius 1 is 1.25 bits per heavy atom. The van der Waals surface area contributed by atoms with Crippen molar-refractivity contribution in [3.05, 3.63) is 63.6 Å². The number of ether oxygens (including phenoxy) is 1.